The molecule has 0 heterocycles. The van der Waals surface area contributed by atoms with E-state index in [1.165, 1.54) is 0 Å². The third kappa shape index (κ3) is 1.94. The summed E-state index contributed by atoms with van der Waals surface area (Å²) in [7, 11) is 0. The fourth-order valence-corrected chi connectivity index (χ4v) is 1.33. The number of aliphatic hydroxyl groups is 1. The zero-order valence-corrected chi connectivity index (χ0v) is 9.05. The van der Waals surface area contributed by atoms with Crippen molar-refractivity contribution in [1.82, 2.24) is 0 Å². The highest BCUT2D eigenvalue weighted by Crippen LogP contribution is 2.24. The standard InChI is InChI=1S/C12H15NO/c1-8-5-11(12(3,4)14)6-10(7-13)9(8)2/h5-6,14H,1-4H3. The Labute approximate surface area is 84.8 Å². The van der Waals surface area contributed by atoms with E-state index in [9.17, 15) is 5.11 Å². The Kier molecular flexibility index (Phi) is 2.64. The minimum Gasteiger partial charge on any atom is -0.386 e. The van der Waals surface area contributed by atoms with E-state index in [2.05, 4.69) is 6.07 Å². The maximum Gasteiger partial charge on any atom is 0.0994 e. The fourth-order valence-electron chi connectivity index (χ4n) is 1.33. The van der Waals surface area contributed by atoms with Gasteiger partial charge >= 0.3 is 0 Å². The second-order valence-electron chi connectivity index (χ2n) is 4.14. The molecule has 74 valence electrons. The molecule has 14 heavy (non-hydrogen) atoms. The molecule has 0 fully saturated rings. The first-order chi connectivity index (χ1) is 6.36. The van der Waals surface area contributed by atoms with Crippen LogP contribution in [0.3, 0.4) is 0 Å². The Morgan fingerprint density at radius 2 is 1.86 bits per heavy atom. The largest absolute Gasteiger partial charge is 0.386 e. The van der Waals surface area contributed by atoms with Crippen LogP contribution < -0.4 is 0 Å². The van der Waals surface area contributed by atoms with E-state index >= 15 is 0 Å². The lowest BCUT2D eigenvalue weighted by molar-refractivity contribution is 0.0785. The van der Waals surface area contributed by atoms with Crippen molar-refractivity contribution >= 4 is 0 Å². The summed E-state index contributed by atoms with van der Waals surface area (Å²) < 4.78 is 0. The molecule has 1 rings (SSSR count). The molecule has 0 unspecified atom stereocenters. The fraction of sp³-hybridized carbons (Fsp3) is 0.417. The molecule has 0 saturated carbocycles. The average Bonchev–Trinajstić information content (AvgIpc) is 2.07. The normalized spacial score (nSPS) is 11.1. The second-order valence-corrected chi connectivity index (χ2v) is 4.14. The van der Waals surface area contributed by atoms with Gasteiger partial charge in [-0.25, -0.2) is 0 Å². The Morgan fingerprint density at radius 1 is 1.29 bits per heavy atom. The zero-order valence-electron chi connectivity index (χ0n) is 9.05. The Bertz CT molecular complexity index is 394. The summed E-state index contributed by atoms with van der Waals surface area (Å²) in [5.74, 6) is 0. The number of hydrogen-bond acceptors (Lipinski definition) is 2. The first-order valence-electron chi connectivity index (χ1n) is 4.60. The molecule has 0 saturated heterocycles. The summed E-state index contributed by atoms with van der Waals surface area (Å²) in [6.07, 6.45) is 0. The molecular weight excluding hydrogens is 174 g/mol. The van der Waals surface area contributed by atoms with Gasteiger partial charge < -0.3 is 5.11 Å². The van der Waals surface area contributed by atoms with Crippen molar-refractivity contribution in [3.8, 4) is 6.07 Å². The van der Waals surface area contributed by atoms with Crippen LogP contribution >= 0.6 is 0 Å². The molecule has 0 bridgehead atoms. The van der Waals surface area contributed by atoms with Gasteiger partial charge in [0, 0.05) is 0 Å². The highest BCUT2D eigenvalue weighted by atomic mass is 16.3. The molecule has 0 aromatic heterocycles. The summed E-state index contributed by atoms with van der Waals surface area (Å²) in [5, 5.41) is 18.7. The van der Waals surface area contributed by atoms with Crippen LogP contribution in [0.5, 0.6) is 0 Å². The zero-order chi connectivity index (χ0) is 10.9. The quantitative estimate of drug-likeness (QED) is 0.737. The first kappa shape index (κ1) is 10.7. The predicted molar refractivity (Wildman–Crippen MR) is 55.9 cm³/mol. The maximum absolute atomic E-state index is 9.81. The molecule has 0 aliphatic rings. The van der Waals surface area contributed by atoms with Crippen molar-refractivity contribution in [1.29, 1.82) is 5.26 Å². The lowest BCUT2D eigenvalue weighted by atomic mass is 9.92. The number of aryl methyl sites for hydroxylation is 1. The minimum atomic E-state index is -0.885. The van der Waals surface area contributed by atoms with Gasteiger partial charge in [-0.2, -0.15) is 5.26 Å². The molecule has 0 radical (unpaired) electrons. The van der Waals surface area contributed by atoms with E-state index in [1.807, 2.05) is 19.9 Å². The van der Waals surface area contributed by atoms with Crippen LogP contribution in [-0.4, -0.2) is 5.11 Å². The van der Waals surface area contributed by atoms with Gasteiger partial charge in [0.25, 0.3) is 0 Å². The van der Waals surface area contributed by atoms with E-state index in [4.69, 9.17) is 5.26 Å². The van der Waals surface area contributed by atoms with Crippen LogP contribution in [0, 0.1) is 25.2 Å². The minimum absolute atomic E-state index is 0.641. The Hall–Kier alpha value is -1.33. The maximum atomic E-state index is 9.81. The third-order valence-corrected chi connectivity index (χ3v) is 2.49. The van der Waals surface area contributed by atoms with Gasteiger partial charge in [-0.05, 0) is 50.5 Å². The SMILES string of the molecule is Cc1cc(C(C)(C)O)cc(C#N)c1C. The van der Waals surface area contributed by atoms with Crippen molar-refractivity contribution < 1.29 is 5.11 Å². The molecule has 1 N–H and O–H groups in total. The lowest BCUT2D eigenvalue weighted by Gasteiger charge is -2.19. The monoisotopic (exact) mass is 189 g/mol. The van der Waals surface area contributed by atoms with E-state index < -0.39 is 5.60 Å². The van der Waals surface area contributed by atoms with Crippen LogP contribution in [-0.2, 0) is 5.60 Å². The van der Waals surface area contributed by atoms with E-state index in [1.54, 1.807) is 19.9 Å². The molecule has 0 spiro atoms. The van der Waals surface area contributed by atoms with Crippen LogP contribution in [0.2, 0.25) is 0 Å². The van der Waals surface area contributed by atoms with Gasteiger partial charge in [0.1, 0.15) is 0 Å². The highest BCUT2D eigenvalue weighted by Gasteiger charge is 2.17. The van der Waals surface area contributed by atoms with Crippen molar-refractivity contribution in [2.75, 3.05) is 0 Å². The van der Waals surface area contributed by atoms with Gasteiger partial charge in [-0.1, -0.05) is 6.07 Å². The number of benzene rings is 1. The van der Waals surface area contributed by atoms with E-state index in [0.717, 1.165) is 16.7 Å². The average molecular weight is 189 g/mol. The summed E-state index contributed by atoms with van der Waals surface area (Å²) in [4.78, 5) is 0. The smallest absolute Gasteiger partial charge is 0.0994 e. The van der Waals surface area contributed by atoms with E-state index in [0.29, 0.717) is 5.56 Å². The molecule has 1 aromatic carbocycles. The van der Waals surface area contributed by atoms with E-state index in [-0.39, 0.29) is 0 Å². The second kappa shape index (κ2) is 3.43. The van der Waals surface area contributed by atoms with Crippen LogP contribution in [0.4, 0.5) is 0 Å². The number of hydrogen-bond donors (Lipinski definition) is 1. The van der Waals surface area contributed by atoms with Crippen molar-refractivity contribution in [2.24, 2.45) is 0 Å². The number of rotatable bonds is 1. The molecule has 0 aliphatic heterocycles. The van der Waals surface area contributed by atoms with Gasteiger partial charge in [-0.15, -0.1) is 0 Å². The molecule has 2 heteroatoms. The highest BCUT2D eigenvalue weighted by molar-refractivity contribution is 5.45. The van der Waals surface area contributed by atoms with Crippen LogP contribution in [0.15, 0.2) is 12.1 Å². The Balaban J connectivity index is 3.40. The van der Waals surface area contributed by atoms with Crippen LogP contribution in [0.25, 0.3) is 0 Å². The number of nitriles is 1. The Morgan fingerprint density at radius 3 is 2.29 bits per heavy atom. The predicted octanol–water partition coefficient (Wildman–Crippen LogP) is 2.40. The summed E-state index contributed by atoms with van der Waals surface area (Å²) >= 11 is 0. The van der Waals surface area contributed by atoms with Gasteiger partial charge in [0.2, 0.25) is 0 Å². The molecule has 1 aromatic rings. The molecular formula is C12H15NO. The molecule has 0 amide bonds. The van der Waals surface area contributed by atoms with Gasteiger partial charge in [-0.3, -0.25) is 0 Å². The first-order valence-corrected chi connectivity index (χ1v) is 4.60. The van der Waals surface area contributed by atoms with Crippen LogP contribution in [0.1, 0.15) is 36.1 Å². The van der Waals surface area contributed by atoms with Gasteiger partial charge in [0.15, 0.2) is 0 Å². The van der Waals surface area contributed by atoms with Crippen molar-refractivity contribution in [3.63, 3.8) is 0 Å². The molecule has 0 atom stereocenters. The van der Waals surface area contributed by atoms with Crippen molar-refractivity contribution in [2.45, 2.75) is 33.3 Å². The lowest BCUT2D eigenvalue weighted by Crippen LogP contribution is -2.16. The molecule has 0 aliphatic carbocycles. The third-order valence-electron chi connectivity index (χ3n) is 2.49. The van der Waals surface area contributed by atoms with Crippen molar-refractivity contribution in [3.05, 3.63) is 34.4 Å². The topological polar surface area (TPSA) is 44.0 Å². The summed E-state index contributed by atoms with van der Waals surface area (Å²) in [5.41, 5.74) is 2.57. The summed E-state index contributed by atoms with van der Waals surface area (Å²) in [6.45, 7) is 7.31. The molecule has 2 nitrogen and oxygen atoms in total. The number of nitrogens with zero attached hydrogens (tertiary/aromatic N) is 1. The van der Waals surface area contributed by atoms with Gasteiger partial charge in [0.05, 0.1) is 17.2 Å². The summed E-state index contributed by atoms with van der Waals surface area (Å²) in [6, 6.07) is 5.82.